The van der Waals surface area contributed by atoms with Gasteiger partial charge in [0.05, 0.1) is 0 Å². The highest BCUT2D eigenvalue weighted by molar-refractivity contribution is 5.74. The van der Waals surface area contributed by atoms with Gasteiger partial charge in [-0.15, -0.1) is 0 Å². The highest BCUT2D eigenvalue weighted by Crippen LogP contribution is 2.26. The standard InChI is InChI=1S/C15H13N/c1-2-6-12-10-11-13-7-4-5-9-15(13)16-14(12)8-3-1/h2-11,16H,1H2. The summed E-state index contributed by atoms with van der Waals surface area (Å²) in [7, 11) is 0. The van der Waals surface area contributed by atoms with Crippen LogP contribution in [0.3, 0.4) is 0 Å². The number of fused-ring (bicyclic) bond motifs is 1. The van der Waals surface area contributed by atoms with Gasteiger partial charge in [-0.3, -0.25) is 0 Å². The first kappa shape index (κ1) is 9.22. The largest absolute Gasteiger partial charge is 0.355 e. The monoisotopic (exact) mass is 207 g/mol. The van der Waals surface area contributed by atoms with Crippen LogP contribution in [0.4, 0.5) is 5.69 Å². The molecular formula is C15H13N. The molecule has 1 aliphatic heterocycles. The van der Waals surface area contributed by atoms with E-state index in [-0.39, 0.29) is 0 Å². The maximum atomic E-state index is 3.48. The van der Waals surface area contributed by atoms with Crippen LogP contribution in [-0.2, 0) is 0 Å². The molecule has 1 heterocycles. The van der Waals surface area contributed by atoms with E-state index in [9.17, 15) is 0 Å². The number of anilines is 1. The molecule has 0 spiro atoms. The Morgan fingerprint density at radius 1 is 0.875 bits per heavy atom. The quantitative estimate of drug-likeness (QED) is 0.680. The van der Waals surface area contributed by atoms with E-state index in [1.165, 1.54) is 22.5 Å². The molecule has 1 N–H and O–H groups in total. The van der Waals surface area contributed by atoms with E-state index in [0.29, 0.717) is 0 Å². The van der Waals surface area contributed by atoms with Crippen LogP contribution in [0.2, 0.25) is 0 Å². The predicted molar refractivity (Wildman–Crippen MR) is 69.0 cm³/mol. The highest BCUT2D eigenvalue weighted by Gasteiger charge is 2.07. The Hall–Kier alpha value is -2.02. The van der Waals surface area contributed by atoms with Crippen LogP contribution in [0.15, 0.2) is 65.9 Å². The normalized spacial score (nSPS) is 17.2. The number of allylic oxidation sites excluding steroid dienone is 6. The van der Waals surface area contributed by atoms with Crippen LogP contribution in [0.5, 0.6) is 0 Å². The SMILES string of the molecule is C1=CC2=C(C=CC1)Nc1ccccc1C=C2. The van der Waals surface area contributed by atoms with Gasteiger partial charge in [0.2, 0.25) is 0 Å². The lowest BCUT2D eigenvalue weighted by atomic mass is 10.1. The molecule has 1 aliphatic carbocycles. The van der Waals surface area contributed by atoms with E-state index in [1.807, 2.05) is 0 Å². The third kappa shape index (κ3) is 1.61. The molecule has 3 rings (SSSR count). The van der Waals surface area contributed by atoms with Crippen molar-refractivity contribution in [3.8, 4) is 0 Å². The number of hydrogen-bond acceptors (Lipinski definition) is 1. The smallest absolute Gasteiger partial charge is 0.0457 e. The average Bonchev–Trinajstić information content (AvgIpc) is 2.61. The molecule has 0 fully saturated rings. The summed E-state index contributed by atoms with van der Waals surface area (Å²) in [5, 5.41) is 3.48. The zero-order valence-electron chi connectivity index (χ0n) is 8.98. The second-order valence-corrected chi connectivity index (χ2v) is 3.96. The summed E-state index contributed by atoms with van der Waals surface area (Å²) in [6, 6.07) is 8.35. The van der Waals surface area contributed by atoms with Gasteiger partial charge in [-0.2, -0.15) is 0 Å². The first-order valence-electron chi connectivity index (χ1n) is 5.55. The van der Waals surface area contributed by atoms with Crippen molar-refractivity contribution in [1.82, 2.24) is 0 Å². The number of para-hydroxylation sites is 1. The first-order valence-corrected chi connectivity index (χ1v) is 5.55. The van der Waals surface area contributed by atoms with Crippen molar-refractivity contribution in [2.45, 2.75) is 6.42 Å². The van der Waals surface area contributed by atoms with Crippen LogP contribution in [0, 0.1) is 0 Å². The van der Waals surface area contributed by atoms with Crippen LogP contribution in [0.1, 0.15) is 12.0 Å². The summed E-state index contributed by atoms with van der Waals surface area (Å²) in [5.74, 6) is 0. The van der Waals surface area contributed by atoms with Gasteiger partial charge in [0, 0.05) is 11.4 Å². The van der Waals surface area contributed by atoms with Gasteiger partial charge >= 0.3 is 0 Å². The first-order chi connectivity index (χ1) is 7.93. The van der Waals surface area contributed by atoms with E-state index in [4.69, 9.17) is 0 Å². The van der Waals surface area contributed by atoms with E-state index in [1.54, 1.807) is 0 Å². The van der Waals surface area contributed by atoms with Gasteiger partial charge in [0.25, 0.3) is 0 Å². The summed E-state index contributed by atoms with van der Waals surface area (Å²) >= 11 is 0. The Labute approximate surface area is 95.5 Å². The maximum Gasteiger partial charge on any atom is 0.0457 e. The molecule has 1 aromatic carbocycles. The lowest BCUT2D eigenvalue weighted by Crippen LogP contribution is -1.98. The Morgan fingerprint density at radius 3 is 2.75 bits per heavy atom. The molecule has 0 saturated carbocycles. The third-order valence-corrected chi connectivity index (χ3v) is 2.84. The van der Waals surface area contributed by atoms with Crippen molar-refractivity contribution in [3.05, 3.63) is 71.5 Å². The Morgan fingerprint density at radius 2 is 1.75 bits per heavy atom. The molecule has 0 saturated heterocycles. The van der Waals surface area contributed by atoms with Crippen molar-refractivity contribution >= 4 is 11.8 Å². The Balaban J connectivity index is 2.11. The van der Waals surface area contributed by atoms with Crippen molar-refractivity contribution in [1.29, 1.82) is 0 Å². The van der Waals surface area contributed by atoms with Gasteiger partial charge in [0.1, 0.15) is 0 Å². The molecule has 1 heteroatoms. The van der Waals surface area contributed by atoms with Gasteiger partial charge in [-0.1, -0.05) is 48.6 Å². The molecule has 0 atom stereocenters. The molecule has 1 aromatic rings. The van der Waals surface area contributed by atoms with E-state index >= 15 is 0 Å². The van der Waals surface area contributed by atoms with Crippen LogP contribution in [0.25, 0.3) is 6.08 Å². The zero-order valence-corrected chi connectivity index (χ0v) is 8.98. The van der Waals surface area contributed by atoms with Crippen LogP contribution < -0.4 is 5.32 Å². The fourth-order valence-corrected chi connectivity index (χ4v) is 1.99. The summed E-state index contributed by atoms with van der Waals surface area (Å²) in [6.45, 7) is 0. The number of benzene rings is 1. The molecule has 16 heavy (non-hydrogen) atoms. The lowest BCUT2D eigenvalue weighted by Gasteiger charge is -2.09. The maximum absolute atomic E-state index is 3.48. The number of rotatable bonds is 0. The molecule has 1 nitrogen and oxygen atoms in total. The Bertz CT molecular complexity index is 530. The number of nitrogens with one attached hydrogen (secondary N) is 1. The molecular weight excluding hydrogens is 194 g/mol. The average molecular weight is 207 g/mol. The highest BCUT2D eigenvalue weighted by atomic mass is 14.9. The zero-order chi connectivity index (χ0) is 10.8. The predicted octanol–water partition coefficient (Wildman–Crippen LogP) is 3.90. The Kier molecular flexibility index (Phi) is 2.22. The van der Waals surface area contributed by atoms with Crippen LogP contribution >= 0.6 is 0 Å². The van der Waals surface area contributed by atoms with E-state index < -0.39 is 0 Å². The molecule has 0 aromatic heterocycles. The summed E-state index contributed by atoms with van der Waals surface area (Å²) in [5.41, 5.74) is 4.82. The topological polar surface area (TPSA) is 12.0 Å². The minimum absolute atomic E-state index is 1.00. The second-order valence-electron chi connectivity index (χ2n) is 3.96. The van der Waals surface area contributed by atoms with Gasteiger partial charge in [-0.25, -0.2) is 0 Å². The van der Waals surface area contributed by atoms with Gasteiger partial charge in [0.15, 0.2) is 0 Å². The van der Waals surface area contributed by atoms with E-state index in [2.05, 4.69) is 66.0 Å². The molecule has 78 valence electrons. The van der Waals surface area contributed by atoms with Crippen molar-refractivity contribution in [2.75, 3.05) is 5.32 Å². The van der Waals surface area contributed by atoms with E-state index in [0.717, 1.165) is 6.42 Å². The summed E-state index contributed by atoms with van der Waals surface area (Å²) < 4.78 is 0. The van der Waals surface area contributed by atoms with Gasteiger partial charge in [-0.05, 0) is 29.7 Å². The van der Waals surface area contributed by atoms with Crippen molar-refractivity contribution < 1.29 is 0 Å². The summed E-state index contributed by atoms with van der Waals surface area (Å²) in [6.07, 6.45) is 14.0. The fourth-order valence-electron chi connectivity index (χ4n) is 1.99. The van der Waals surface area contributed by atoms with Crippen molar-refractivity contribution in [2.24, 2.45) is 0 Å². The molecule has 0 unspecified atom stereocenters. The van der Waals surface area contributed by atoms with Gasteiger partial charge < -0.3 is 5.32 Å². The number of hydrogen-bond donors (Lipinski definition) is 1. The fraction of sp³-hybridized carbons (Fsp3) is 0.0667. The molecule has 0 radical (unpaired) electrons. The van der Waals surface area contributed by atoms with Crippen molar-refractivity contribution in [3.63, 3.8) is 0 Å². The third-order valence-electron chi connectivity index (χ3n) is 2.84. The minimum Gasteiger partial charge on any atom is -0.355 e. The van der Waals surface area contributed by atoms with Crippen LogP contribution in [-0.4, -0.2) is 0 Å². The molecule has 2 aliphatic rings. The second kappa shape index (κ2) is 3.86. The molecule has 0 amide bonds. The lowest BCUT2D eigenvalue weighted by molar-refractivity contribution is 1.39. The summed E-state index contributed by atoms with van der Waals surface area (Å²) in [4.78, 5) is 0. The molecule has 0 bridgehead atoms. The minimum atomic E-state index is 1.00.